The molecule has 0 radical (unpaired) electrons. The lowest BCUT2D eigenvalue weighted by molar-refractivity contribution is 0.0473. The Labute approximate surface area is 112 Å². The largest absolute Gasteiger partial charge is 0.461 e. The first-order valence-electron chi connectivity index (χ1n) is 6.11. The van der Waals surface area contributed by atoms with Gasteiger partial charge < -0.3 is 10.5 Å². The summed E-state index contributed by atoms with van der Waals surface area (Å²) in [6.07, 6.45) is 2.46. The van der Waals surface area contributed by atoms with Gasteiger partial charge in [0.2, 0.25) is 0 Å². The normalized spacial score (nSPS) is 15.8. The predicted molar refractivity (Wildman–Crippen MR) is 71.8 cm³/mol. The lowest BCUT2D eigenvalue weighted by Crippen LogP contribution is -2.25. The highest BCUT2D eigenvalue weighted by atomic mass is 35.5. The molecule has 1 aliphatic heterocycles. The number of ether oxygens (including phenoxy) is 1. The quantitative estimate of drug-likeness (QED) is 0.672. The molecule has 0 unspecified atom stereocenters. The Morgan fingerprint density at radius 3 is 2.83 bits per heavy atom. The standard InChI is InChI=1S/C13H17ClN2O2/c14-10-3-4-12(15)11(9-10)13(17)18-8-7-16-5-1-2-6-16/h3-4,9H,1-2,5-8,15H2. The van der Waals surface area contributed by atoms with Crippen LogP contribution >= 0.6 is 11.6 Å². The molecule has 1 heterocycles. The van der Waals surface area contributed by atoms with Crippen molar-refractivity contribution in [3.63, 3.8) is 0 Å². The second-order valence-corrected chi connectivity index (χ2v) is 4.85. The summed E-state index contributed by atoms with van der Waals surface area (Å²) in [7, 11) is 0. The van der Waals surface area contributed by atoms with Crippen LogP contribution in [0.3, 0.4) is 0 Å². The van der Waals surface area contributed by atoms with Crippen LogP contribution in [-0.4, -0.2) is 37.1 Å². The van der Waals surface area contributed by atoms with Gasteiger partial charge in [0.25, 0.3) is 0 Å². The average Bonchev–Trinajstić information content (AvgIpc) is 2.85. The Balaban J connectivity index is 1.85. The molecule has 1 aromatic carbocycles. The van der Waals surface area contributed by atoms with Crippen LogP contribution in [0.5, 0.6) is 0 Å². The zero-order valence-electron chi connectivity index (χ0n) is 10.2. The van der Waals surface area contributed by atoms with E-state index in [1.54, 1.807) is 12.1 Å². The van der Waals surface area contributed by atoms with Crippen molar-refractivity contribution in [2.24, 2.45) is 0 Å². The molecule has 98 valence electrons. The van der Waals surface area contributed by atoms with Crippen LogP contribution < -0.4 is 5.73 Å². The van der Waals surface area contributed by atoms with Crippen LogP contribution in [0, 0.1) is 0 Å². The number of carbonyl (C=O) groups is 1. The molecule has 0 aliphatic carbocycles. The minimum atomic E-state index is -0.408. The van der Waals surface area contributed by atoms with E-state index in [4.69, 9.17) is 22.1 Å². The molecule has 1 fully saturated rings. The van der Waals surface area contributed by atoms with Crippen LogP contribution in [0.4, 0.5) is 5.69 Å². The van der Waals surface area contributed by atoms with Gasteiger partial charge in [-0.15, -0.1) is 0 Å². The van der Waals surface area contributed by atoms with E-state index in [1.807, 2.05) is 0 Å². The maximum absolute atomic E-state index is 11.8. The Morgan fingerprint density at radius 2 is 2.11 bits per heavy atom. The molecule has 0 atom stereocenters. The highest BCUT2D eigenvalue weighted by molar-refractivity contribution is 6.31. The molecule has 2 rings (SSSR count). The van der Waals surface area contributed by atoms with E-state index in [0.29, 0.717) is 22.9 Å². The minimum Gasteiger partial charge on any atom is -0.461 e. The number of hydrogen-bond donors (Lipinski definition) is 1. The van der Waals surface area contributed by atoms with Gasteiger partial charge in [-0.3, -0.25) is 4.90 Å². The molecular formula is C13H17ClN2O2. The number of esters is 1. The molecule has 1 aromatic rings. The number of halogens is 1. The van der Waals surface area contributed by atoms with Gasteiger partial charge in [0.05, 0.1) is 5.56 Å². The third-order valence-electron chi connectivity index (χ3n) is 3.07. The Kier molecular flexibility index (Phi) is 4.44. The molecule has 0 spiro atoms. The lowest BCUT2D eigenvalue weighted by Gasteiger charge is -2.14. The second kappa shape index (κ2) is 6.07. The van der Waals surface area contributed by atoms with Crippen LogP contribution in [0.25, 0.3) is 0 Å². The summed E-state index contributed by atoms with van der Waals surface area (Å²) in [4.78, 5) is 14.1. The smallest absolute Gasteiger partial charge is 0.340 e. The van der Waals surface area contributed by atoms with Gasteiger partial charge in [0.1, 0.15) is 6.61 Å². The maximum atomic E-state index is 11.8. The van der Waals surface area contributed by atoms with Crippen LogP contribution in [0.1, 0.15) is 23.2 Å². The molecular weight excluding hydrogens is 252 g/mol. The number of likely N-dealkylation sites (tertiary alicyclic amines) is 1. The Morgan fingerprint density at radius 1 is 1.39 bits per heavy atom. The highest BCUT2D eigenvalue weighted by Crippen LogP contribution is 2.18. The van der Waals surface area contributed by atoms with E-state index in [0.717, 1.165) is 19.6 Å². The van der Waals surface area contributed by atoms with Gasteiger partial charge in [-0.25, -0.2) is 4.79 Å². The highest BCUT2D eigenvalue weighted by Gasteiger charge is 2.14. The molecule has 1 aliphatic rings. The number of hydrogen-bond acceptors (Lipinski definition) is 4. The summed E-state index contributed by atoms with van der Waals surface area (Å²) in [6.45, 7) is 3.37. The molecule has 0 amide bonds. The third kappa shape index (κ3) is 3.37. The molecule has 5 heteroatoms. The number of benzene rings is 1. The van der Waals surface area contributed by atoms with Crippen molar-refractivity contribution in [1.29, 1.82) is 0 Å². The number of rotatable bonds is 4. The lowest BCUT2D eigenvalue weighted by atomic mass is 10.2. The van der Waals surface area contributed by atoms with E-state index in [1.165, 1.54) is 18.9 Å². The van der Waals surface area contributed by atoms with Crippen LogP contribution in [0.2, 0.25) is 5.02 Å². The summed E-state index contributed by atoms with van der Waals surface area (Å²) in [5.41, 5.74) is 6.45. The molecule has 0 aromatic heterocycles. The van der Waals surface area contributed by atoms with Crippen molar-refractivity contribution >= 4 is 23.3 Å². The first kappa shape index (κ1) is 13.2. The zero-order valence-corrected chi connectivity index (χ0v) is 10.9. The van der Waals surface area contributed by atoms with Gasteiger partial charge in [0, 0.05) is 17.3 Å². The topological polar surface area (TPSA) is 55.6 Å². The number of nitrogens with zero attached hydrogens (tertiary/aromatic N) is 1. The van der Waals surface area contributed by atoms with Crippen LogP contribution in [0.15, 0.2) is 18.2 Å². The maximum Gasteiger partial charge on any atom is 0.340 e. The average molecular weight is 269 g/mol. The van der Waals surface area contributed by atoms with Crippen molar-refractivity contribution in [3.05, 3.63) is 28.8 Å². The molecule has 1 saturated heterocycles. The van der Waals surface area contributed by atoms with Gasteiger partial charge in [0.15, 0.2) is 0 Å². The SMILES string of the molecule is Nc1ccc(Cl)cc1C(=O)OCCN1CCCC1. The van der Waals surface area contributed by atoms with Gasteiger partial charge in [-0.05, 0) is 44.1 Å². The van der Waals surface area contributed by atoms with Crippen molar-refractivity contribution in [2.75, 3.05) is 32.0 Å². The number of nitrogen functional groups attached to an aromatic ring is 1. The summed E-state index contributed by atoms with van der Waals surface area (Å²) < 4.78 is 5.21. The summed E-state index contributed by atoms with van der Waals surface area (Å²) >= 11 is 5.83. The molecule has 0 saturated carbocycles. The van der Waals surface area contributed by atoms with Crippen molar-refractivity contribution < 1.29 is 9.53 Å². The van der Waals surface area contributed by atoms with E-state index >= 15 is 0 Å². The van der Waals surface area contributed by atoms with Crippen molar-refractivity contribution in [2.45, 2.75) is 12.8 Å². The van der Waals surface area contributed by atoms with Crippen molar-refractivity contribution in [3.8, 4) is 0 Å². The summed E-state index contributed by atoms with van der Waals surface area (Å²) in [5, 5.41) is 0.482. The molecule has 2 N–H and O–H groups in total. The number of carbonyl (C=O) groups excluding carboxylic acids is 1. The van der Waals surface area contributed by atoms with Crippen LogP contribution in [-0.2, 0) is 4.74 Å². The fourth-order valence-corrected chi connectivity index (χ4v) is 2.23. The summed E-state index contributed by atoms with van der Waals surface area (Å²) in [5.74, 6) is -0.408. The van der Waals surface area contributed by atoms with E-state index in [-0.39, 0.29) is 0 Å². The van der Waals surface area contributed by atoms with E-state index in [9.17, 15) is 4.79 Å². The third-order valence-corrected chi connectivity index (χ3v) is 3.31. The monoisotopic (exact) mass is 268 g/mol. The van der Waals surface area contributed by atoms with E-state index < -0.39 is 5.97 Å². The van der Waals surface area contributed by atoms with Gasteiger partial charge >= 0.3 is 5.97 Å². The van der Waals surface area contributed by atoms with Gasteiger partial charge in [-0.1, -0.05) is 11.6 Å². The van der Waals surface area contributed by atoms with Crippen molar-refractivity contribution in [1.82, 2.24) is 4.90 Å². The van der Waals surface area contributed by atoms with E-state index in [2.05, 4.69) is 4.90 Å². The summed E-state index contributed by atoms with van der Waals surface area (Å²) in [6, 6.07) is 4.80. The zero-order chi connectivity index (χ0) is 13.0. The number of nitrogens with two attached hydrogens (primary N) is 1. The first-order chi connectivity index (χ1) is 8.66. The first-order valence-corrected chi connectivity index (χ1v) is 6.49. The Bertz CT molecular complexity index is 431. The predicted octanol–water partition coefficient (Wildman–Crippen LogP) is 2.17. The molecule has 0 bridgehead atoms. The second-order valence-electron chi connectivity index (χ2n) is 4.42. The molecule has 18 heavy (non-hydrogen) atoms. The molecule has 4 nitrogen and oxygen atoms in total. The van der Waals surface area contributed by atoms with Gasteiger partial charge in [-0.2, -0.15) is 0 Å². The number of anilines is 1. The fourth-order valence-electron chi connectivity index (χ4n) is 2.06. The fraction of sp³-hybridized carbons (Fsp3) is 0.462. The minimum absolute atomic E-state index is 0.337. The Hall–Kier alpha value is -1.26.